The molecule has 0 unspecified atom stereocenters. The first kappa shape index (κ1) is 30.4. The summed E-state index contributed by atoms with van der Waals surface area (Å²) in [6.45, 7) is 1.82. The molecule has 0 N–H and O–H groups in total. The van der Waals surface area contributed by atoms with Gasteiger partial charge in [0.25, 0.3) is 0 Å². The number of rotatable bonds is 9. The van der Waals surface area contributed by atoms with Gasteiger partial charge in [0.15, 0.2) is 0 Å². The average molecular weight is 512 g/mol. The molecule has 0 atom stereocenters. The molecular weight excluding hydrogens is 497 g/mol. The lowest BCUT2D eigenvalue weighted by molar-refractivity contribution is -0.457. The number of carbonyl (C=O) groups excluding carboxylic acids is 1. The number of carbonyl (C=O) groups is 1. The minimum absolute atomic E-state index is 0.0177. The average Bonchev–Trinajstić information content (AvgIpc) is 2.57. The summed E-state index contributed by atoms with van der Waals surface area (Å²) < 4.78 is 200. The van der Waals surface area contributed by atoms with Crippen molar-refractivity contribution in [1.29, 1.82) is 0 Å². The zero-order valence-corrected chi connectivity index (χ0v) is 16.1. The van der Waals surface area contributed by atoms with Crippen molar-refractivity contribution >= 4 is 5.97 Å². The number of ether oxygens (including phenoxy) is 1. The van der Waals surface area contributed by atoms with E-state index in [2.05, 4.69) is 4.74 Å². The minimum atomic E-state index is -8.45. The van der Waals surface area contributed by atoms with E-state index in [-0.39, 0.29) is 6.42 Å². The van der Waals surface area contributed by atoms with E-state index in [4.69, 9.17) is 0 Å². The van der Waals surface area contributed by atoms with Crippen LogP contribution in [0.5, 0.6) is 0 Å². The van der Waals surface area contributed by atoms with E-state index in [0.29, 0.717) is 0 Å². The van der Waals surface area contributed by atoms with Crippen molar-refractivity contribution in [2.24, 2.45) is 5.41 Å². The van der Waals surface area contributed by atoms with Crippen LogP contribution >= 0.6 is 0 Å². The second-order valence-corrected chi connectivity index (χ2v) is 7.20. The molecule has 0 heterocycles. The van der Waals surface area contributed by atoms with Crippen LogP contribution in [0.4, 0.5) is 65.9 Å². The largest absolute Gasteiger partial charge is 0.465 e. The zero-order valence-electron chi connectivity index (χ0n) is 16.1. The van der Waals surface area contributed by atoms with Crippen LogP contribution in [-0.4, -0.2) is 54.3 Å². The van der Waals surface area contributed by atoms with Crippen LogP contribution in [0, 0.1) is 5.41 Å². The van der Waals surface area contributed by atoms with E-state index < -0.39 is 66.1 Å². The molecule has 0 aliphatic carbocycles. The monoisotopic (exact) mass is 512 g/mol. The Kier molecular flexibility index (Phi) is 7.92. The molecule has 0 rings (SSSR count). The maximum absolute atomic E-state index is 13.6. The van der Waals surface area contributed by atoms with Crippen molar-refractivity contribution in [2.45, 2.75) is 75.3 Å². The fourth-order valence-electron chi connectivity index (χ4n) is 1.93. The van der Waals surface area contributed by atoms with Gasteiger partial charge in [0, 0.05) is 0 Å². The van der Waals surface area contributed by atoms with E-state index in [0.717, 1.165) is 13.8 Å². The lowest BCUT2D eigenvalue weighted by Crippen LogP contribution is -2.75. The predicted octanol–water partition coefficient (Wildman–Crippen LogP) is 6.73. The second-order valence-electron chi connectivity index (χ2n) is 7.20. The summed E-state index contributed by atoms with van der Waals surface area (Å²) in [5.74, 6) is -32.2. The molecule has 2 nitrogen and oxygen atoms in total. The summed E-state index contributed by atoms with van der Waals surface area (Å²) in [5, 5.41) is 0. The van der Waals surface area contributed by atoms with Crippen LogP contribution in [0.25, 0.3) is 0 Å². The molecule has 0 saturated carbocycles. The fraction of sp³-hybridized carbons (Fsp3) is 0.933. The SMILES string of the molecule is CCC(C)(C)C(=O)OCCC(F)(F)C(F)(F)C(F)(F)C(F)(F)C(F)(C(F)(F)F)C(F)(F)F. The lowest BCUT2D eigenvalue weighted by Gasteiger charge is -2.43. The molecule has 0 aliphatic rings. The molecule has 0 spiro atoms. The van der Waals surface area contributed by atoms with Crippen LogP contribution in [0.1, 0.15) is 33.6 Å². The predicted molar refractivity (Wildman–Crippen MR) is 75.4 cm³/mol. The zero-order chi connectivity index (χ0) is 26.4. The van der Waals surface area contributed by atoms with Gasteiger partial charge in [0.1, 0.15) is 0 Å². The highest BCUT2D eigenvalue weighted by Crippen LogP contribution is 2.64. The highest BCUT2D eigenvalue weighted by molar-refractivity contribution is 5.75. The Labute approximate surface area is 170 Å². The molecule has 0 radical (unpaired) electrons. The maximum Gasteiger partial charge on any atom is 0.438 e. The van der Waals surface area contributed by atoms with E-state index in [9.17, 15) is 70.7 Å². The van der Waals surface area contributed by atoms with Gasteiger partial charge in [-0.15, -0.1) is 0 Å². The number of esters is 1. The van der Waals surface area contributed by atoms with Crippen molar-refractivity contribution in [3.8, 4) is 0 Å². The molecule has 0 aromatic rings. The first-order valence-corrected chi connectivity index (χ1v) is 8.20. The minimum Gasteiger partial charge on any atom is -0.465 e. The third-order valence-corrected chi connectivity index (χ3v) is 4.55. The molecular formula is C15H15F15O2. The summed E-state index contributed by atoms with van der Waals surface area (Å²) in [5.41, 5.74) is -9.74. The standard InChI is InChI=1S/C15H15F15O2/c1-4-8(2,3)7(31)32-6-5-9(16,17)11(19,20)13(23,24)12(21,22)10(18,14(25,26)27)15(28,29)30/h4-6H2,1-3H3. The molecule has 0 fully saturated rings. The van der Waals surface area contributed by atoms with Crippen LogP contribution in [0.3, 0.4) is 0 Å². The molecule has 0 saturated heterocycles. The summed E-state index contributed by atoms with van der Waals surface area (Å²) in [7, 11) is 0. The van der Waals surface area contributed by atoms with Gasteiger partial charge in [-0.2, -0.15) is 61.5 Å². The van der Waals surface area contributed by atoms with Crippen LogP contribution in [-0.2, 0) is 9.53 Å². The number of halogens is 15. The topological polar surface area (TPSA) is 26.3 Å². The number of alkyl halides is 15. The van der Waals surface area contributed by atoms with Gasteiger partial charge in [0.05, 0.1) is 18.4 Å². The Morgan fingerprint density at radius 3 is 1.34 bits per heavy atom. The molecule has 192 valence electrons. The van der Waals surface area contributed by atoms with E-state index in [1.807, 2.05) is 0 Å². The lowest BCUT2D eigenvalue weighted by atomic mass is 9.85. The molecule has 17 heteroatoms. The van der Waals surface area contributed by atoms with E-state index in [1.165, 1.54) is 6.92 Å². The molecule has 0 amide bonds. The van der Waals surface area contributed by atoms with Crippen molar-refractivity contribution in [1.82, 2.24) is 0 Å². The van der Waals surface area contributed by atoms with Crippen LogP contribution in [0.15, 0.2) is 0 Å². The summed E-state index contributed by atoms with van der Waals surface area (Å²) in [4.78, 5) is 11.5. The van der Waals surface area contributed by atoms with Gasteiger partial charge in [-0.1, -0.05) is 6.92 Å². The molecule has 0 aliphatic heterocycles. The number of hydrogen-bond donors (Lipinski definition) is 0. The summed E-state index contributed by atoms with van der Waals surface area (Å²) >= 11 is 0. The third-order valence-electron chi connectivity index (χ3n) is 4.55. The number of hydrogen-bond acceptors (Lipinski definition) is 2. The highest BCUT2D eigenvalue weighted by atomic mass is 19.4. The Balaban J connectivity index is 6.18. The quantitative estimate of drug-likeness (QED) is 0.253. The first-order valence-electron chi connectivity index (χ1n) is 8.20. The molecule has 0 bridgehead atoms. The van der Waals surface area contributed by atoms with Gasteiger partial charge in [-0.05, 0) is 20.3 Å². The van der Waals surface area contributed by atoms with Crippen molar-refractivity contribution < 1.29 is 75.4 Å². The third kappa shape index (κ3) is 4.56. The van der Waals surface area contributed by atoms with Gasteiger partial charge in [0.2, 0.25) is 0 Å². The Hall–Kier alpha value is -1.58. The first-order chi connectivity index (χ1) is 13.7. The maximum atomic E-state index is 13.6. The normalized spacial score (nSPS) is 15.7. The van der Waals surface area contributed by atoms with Crippen molar-refractivity contribution in [3.63, 3.8) is 0 Å². The smallest absolute Gasteiger partial charge is 0.438 e. The van der Waals surface area contributed by atoms with Crippen molar-refractivity contribution in [3.05, 3.63) is 0 Å². The van der Waals surface area contributed by atoms with Crippen LogP contribution < -0.4 is 0 Å². The molecule has 32 heavy (non-hydrogen) atoms. The van der Waals surface area contributed by atoms with Gasteiger partial charge in [-0.3, -0.25) is 4.79 Å². The van der Waals surface area contributed by atoms with E-state index in [1.54, 1.807) is 0 Å². The van der Waals surface area contributed by atoms with Crippen molar-refractivity contribution in [2.75, 3.05) is 6.61 Å². The van der Waals surface area contributed by atoms with Gasteiger partial charge >= 0.3 is 47.7 Å². The summed E-state index contributed by atoms with van der Waals surface area (Å²) in [6, 6.07) is 0. The van der Waals surface area contributed by atoms with E-state index >= 15 is 0 Å². The Bertz CT molecular complexity index is 661. The van der Waals surface area contributed by atoms with Gasteiger partial charge < -0.3 is 4.74 Å². The molecule has 0 aromatic carbocycles. The van der Waals surface area contributed by atoms with Gasteiger partial charge in [-0.25, -0.2) is 4.39 Å². The fourth-order valence-corrected chi connectivity index (χ4v) is 1.93. The Morgan fingerprint density at radius 1 is 0.656 bits per heavy atom. The highest BCUT2D eigenvalue weighted by Gasteiger charge is 2.95. The second kappa shape index (κ2) is 8.33. The molecule has 0 aromatic heterocycles. The summed E-state index contributed by atoms with van der Waals surface area (Å²) in [6.07, 6.45) is -18.7. The Morgan fingerprint density at radius 2 is 1.03 bits per heavy atom. The van der Waals surface area contributed by atoms with Crippen LogP contribution in [0.2, 0.25) is 0 Å².